The summed E-state index contributed by atoms with van der Waals surface area (Å²) in [6, 6.07) is 7.51. The van der Waals surface area contributed by atoms with Crippen LogP contribution in [0.1, 0.15) is 53.2 Å². The van der Waals surface area contributed by atoms with Crippen LogP contribution in [0.25, 0.3) is 11.0 Å². The molecule has 0 radical (unpaired) electrons. The van der Waals surface area contributed by atoms with Gasteiger partial charge in [-0.15, -0.1) is 5.10 Å². The molecule has 2 heterocycles. The van der Waals surface area contributed by atoms with Gasteiger partial charge in [0.1, 0.15) is 5.52 Å². The molecule has 3 atom stereocenters. The zero-order valence-corrected chi connectivity index (χ0v) is 15.5. The Morgan fingerprint density at radius 1 is 1.31 bits per heavy atom. The minimum Gasteiger partial charge on any atom is -0.446 e. The quantitative estimate of drug-likeness (QED) is 0.782. The molecule has 7 heteroatoms. The van der Waals surface area contributed by atoms with Crippen molar-refractivity contribution < 1.29 is 19.1 Å². The van der Waals surface area contributed by atoms with Crippen molar-refractivity contribution >= 4 is 23.0 Å². The van der Waals surface area contributed by atoms with E-state index >= 15 is 0 Å². The molecule has 1 aromatic carbocycles. The first-order chi connectivity index (χ1) is 12.3. The first-order valence-electron chi connectivity index (χ1n) is 9.01. The van der Waals surface area contributed by atoms with Gasteiger partial charge in [-0.2, -0.15) is 0 Å². The Morgan fingerprint density at radius 2 is 2.04 bits per heavy atom. The molecular weight excluding hydrogens is 334 g/mol. The standard InChI is InChI=1S/C19H23N3O4/c1-5-14(22-13-9-7-6-8-12(13)20-21-22)25-16(24)19-11-10-18(4,15(23)26-19)17(19,2)3/h6-9,14H,5,10-11H2,1-4H3. The summed E-state index contributed by atoms with van der Waals surface area (Å²) in [6.45, 7) is 7.62. The maximum absolute atomic E-state index is 13.2. The van der Waals surface area contributed by atoms with Gasteiger partial charge in [-0.1, -0.05) is 38.1 Å². The minimum absolute atomic E-state index is 0.315. The normalized spacial score (nSPS) is 30.4. The van der Waals surface area contributed by atoms with Gasteiger partial charge in [0.2, 0.25) is 5.60 Å². The van der Waals surface area contributed by atoms with Gasteiger partial charge < -0.3 is 9.47 Å². The zero-order chi connectivity index (χ0) is 18.7. The molecule has 138 valence electrons. The lowest BCUT2D eigenvalue weighted by Gasteiger charge is -2.35. The molecule has 2 aliphatic rings. The highest BCUT2D eigenvalue weighted by Crippen LogP contribution is 2.66. The summed E-state index contributed by atoms with van der Waals surface area (Å²) in [5.74, 6) is -0.812. The number of carbonyl (C=O) groups is 2. The molecule has 1 aromatic heterocycles. The Labute approximate surface area is 151 Å². The molecule has 2 bridgehead atoms. The van der Waals surface area contributed by atoms with Crippen LogP contribution in [-0.2, 0) is 19.1 Å². The van der Waals surface area contributed by atoms with Crippen LogP contribution < -0.4 is 0 Å². The third-order valence-electron chi connectivity index (χ3n) is 6.66. The number of nitrogens with zero attached hydrogens (tertiary/aromatic N) is 3. The molecule has 2 fully saturated rings. The number of aromatic nitrogens is 3. The highest BCUT2D eigenvalue weighted by atomic mass is 16.6. The molecular formula is C19H23N3O4. The fourth-order valence-corrected chi connectivity index (χ4v) is 4.33. The molecule has 0 amide bonds. The summed E-state index contributed by atoms with van der Waals surface area (Å²) < 4.78 is 13.1. The molecule has 0 spiro atoms. The summed E-state index contributed by atoms with van der Waals surface area (Å²) in [4.78, 5) is 25.6. The molecule has 7 nitrogen and oxygen atoms in total. The summed E-state index contributed by atoms with van der Waals surface area (Å²) >= 11 is 0. The van der Waals surface area contributed by atoms with Crippen molar-refractivity contribution in [1.29, 1.82) is 0 Å². The Morgan fingerprint density at radius 3 is 2.65 bits per heavy atom. The molecule has 1 aliphatic heterocycles. The van der Waals surface area contributed by atoms with Crippen LogP contribution in [0.5, 0.6) is 0 Å². The van der Waals surface area contributed by atoms with Crippen molar-refractivity contribution in [3.05, 3.63) is 24.3 Å². The average molecular weight is 357 g/mol. The molecule has 26 heavy (non-hydrogen) atoms. The average Bonchev–Trinajstić information content (AvgIpc) is 3.17. The number of benzene rings is 1. The Hall–Kier alpha value is -2.44. The second-order valence-electron chi connectivity index (χ2n) is 7.96. The van der Waals surface area contributed by atoms with Crippen LogP contribution in [0.4, 0.5) is 0 Å². The number of fused-ring (bicyclic) bond motifs is 3. The third kappa shape index (κ3) is 1.88. The number of hydrogen-bond donors (Lipinski definition) is 0. The molecule has 4 rings (SSSR count). The first-order valence-corrected chi connectivity index (χ1v) is 9.01. The number of esters is 2. The van der Waals surface area contributed by atoms with Crippen molar-refractivity contribution in [2.24, 2.45) is 10.8 Å². The van der Waals surface area contributed by atoms with Gasteiger partial charge in [0.05, 0.1) is 10.9 Å². The number of hydrogen-bond acceptors (Lipinski definition) is 6. The van der Waals surface area contributed by atoms with E-state index in [1.165, 1.54) is 0 Å². The molecule has 1 saturated heterocycles. The molecule has 2 aromatic rings. The molecule has 3 unspecified atom stereocenters. The van der Waals surface area contributed by atoms with E-state index in [2.05, 4.69) is 10.3 Å². The lowest BCUT2D eigenvalue weighted by molar-refractivity contribution is -0.191. The van der Waals surface area contributed by atoms with E-state index < -0.39 is 28.6 Å². The Balaban J connectivity index is 1.66. The second-order valence-corrected chi connectivity index (χ2v) is 7.96. The van der Waals surface area contributed by atoms with Gasteiger partial charge in [0.25, 0.3) is 0 Å². The van der Waals surface area contributed by atoms with Crippen LogP contribution >= 0.6 is 0 Å². The van der Waals surface area contributed by atoms with Gasteiger partial charge in [-0.25, -0.2) is 9.48 Å². The molecule has 1 aliphatic carbocycles. The van der Waals surface area contributed by atoms with Crippen molar-refractivity contribution in [1.82, 2.24) is 15.0 Å². The fourth-order valence-electron chi connectivity index (χ4n) is 4.33. The number of rotatable bonds is 4. The van der Waals surface area contributed by atoms with Gasteiger partial charge in [-0.05, 0) is 31.9 Å². The topological polar surface area (TPSA) is 83.3 Å². The molecule has 1 saturated carbocycles. The second kappa shape index (κ2) is 5.28. The summed E-state index contributed by atoms with van der Waals surface area (Å²) in [5.41, 5.74) is -0.988. The van der Waals surface area contributed by atoms with Gasteiger partial charge in [0, 0.05) is 11.8 Å². The van der Waals surface area contributed by atoms with Crippen molar-refractivity contribution in [2.75, 3.05) is 0 Å². The van der Waals surface area contributed by atoms with Crippen LogP contribution in [0.3, 0.4) is 0 Å². The predicted molar refractivity (Wildman–Crippen MR) is 92.9 cm³/mol. The number of para-hydroxylation sites is 1. The monoisotopic (exact) mass is 357 g/mol. The maximum atomic E-state index is 13.2. The predicted octanol–water partition coefficient (Wildman–Crippen LogP) is 3.01. The Bertz CT molecular complexity index is 905. The highest BCUT2D eigenvalue weighted by Gasteiger charge is 2.76. The Kier molecular flexibility index (Phi) is 3.45. The van der Waals surface area contributed by atoms with E-state index in [1.54, 1.807) is 4.68 Å². The highest BCUT2D eigenvalue weighted by molar-refractivity contribution is 5.93. The van der Waals surface area contributed by atoms with Crippen molar-refractivity contribution in [3.8, 4) is 0 Å². The van der Waals surface area contributed by atoms with Crippen molar-refractivity contribution in [2.45, 2.75) is 58.8 Å². The molecule has 0 N–H and O–H groups in total. The summed E-state index contributed by atoms with van der Waals surface area (Å²) in [5, 5.41) is 8.28. The lowest BCUT2D eigenvalue weighted by atomic mass is 9.66. The van der Waals surface area contributed by atoms with Crippen LogP contribution in [0.15, 0.2) is 24.3 Å². The lowest BCUT2D eigenvalue weighted by Crippen LogP contribution is -2.49. The van der Waals surface area contributed by atoms with Gasteiger partial charge >= 0.3 is 11.9 Å². The van der Waals surface area contributed by atoms with Crippen LogP contribution in [0.2, 0.25) is 0 Å². The van der Waals surface area contributed by atoms with Crippen LogP contribution in [-0.4, -0.2) is 32.5 Å². The van der Waals surface area contributed by atoms with E-state index in [0.29, 0.717) is 19.3 Å². The first kappa shape index (κ1) is 17.0. The summed E-state index contributed by atoms with van der Waals surface area (Å²) in [7, 11) is 0. The maximum Gasteiger partial charge on any atom is 0.353 e. The van der Waals surface area contributed by atoms with Gasteiger partial charge in [-0.3, -0.25) is 4.79 Å². The minimum atomic E-state index is -1.23. The number of ether oxygens (including phenoxy) is 2. The smallest absolute Gasteiger partial charge is 0.353 e. The van der Waals surface area contributed by atoms with Crippen molar-refractivity contribution in [3.63, 3.8) is 0 Å². The van der Waals surface area contributed by atoms with Gasteiger partial charge in [0.15, 0.2) is 6.23 Å². The van der Waals surface area contributed by atoms with E-state index in [-0.39, 0.29) is 5.97 Å². The third-order valence-corrected chi connectivity index (χ3v) is 6.66. The van der Waals surface area contributed by atoms with E-state index in [4.69, 9.17) is 9.47 Å². The number of carbonyl (C=O) groups excluding carboxylic acids is 2. The fraction of sp³-hybridized carbons (Fsp3) is 0.579. The van der Waals surface area contributed by atoms with E-state index in [1.807, 2.05) is 52.0 Å². The largest absolute Gasteiger partial charge is 0.446 e. The van der Waals surface area contributed by atoms with E-state index in [9.17, 15) is 9.59 Å². The zero-order valence-electron chi connectivity index (χ0n) is 15.5. The van der Waals surface area contributed by atoms with Crippen LogP contribution in [0, 0.1) is 10.8 Å². The summed E-state index contributed by atoms with van der Waals surface area (Å²) in [6.07, 6.45) is 1.03. The van der Waals surface area contributed by atoms with E-state index in [0.717, 1.165) is 11.0 Å². The SMILES string of the molecule is CCC(OC(=O)C12CCC(C)(C(=O)O1)C2(C)C)n1nnc2ccccc21.